The van der Waals surface area contributed by atoms with Crippen molar-refractivity contribution in [1.29, 1.82) is 0 Å². The zero-order chi connectivity index (χ0) is 17.0. The summed E-state index contributed by atoms with van der Waals surface area (Å²) < 4.78 is 11.6. The first kappa shape index (κ1) is 17.8. The van der Waals surface area contributed by atoms with Gasteiger partial charge in [-0.2, -0.15) is 0 Å². The predicted molar refractivity (Wildman–Crippen MR) is 102 cm³/mol. The van der Waals surface area contributed by atoms with Crippen molar-refractivity contribution >= 4 is 51.5 Å². The van der Waals surface area contributed by atoms with E-state index in [0.29, 0.717) is 21.6 Å². The minimum atomic E-state index is -1.10. The maximum atomic E-state index is 11.6. The van der Waals surface area contributed by atoms with Gasteiger partial charge in [0.15, 0.2) is 0 Å². The summed E-state index contributed by atoms with van der Waals surface area (Å²) >= 11 is 7.82. The van der Waals surface area contributed by atoms with E-state index in [1.807, 2.05) is 37.6 Å². The van der Waals surface area contributed by atoms with Crippen LogP contribution in [0.5, 0.6) is 0 Å². The molecule has 2 aromatic rings. The lowest BCUT2D eigenvalue weighted by Crippen LogP contribution is -2.33. The highest BCUT2D eigenvalue weighted by Crippen LogP contribution is 2.28. The minimum absolute atomic E-state index is 0.309. The van der Waals surface area contributed by atoms with E-state index in [1.165, 1.54) is 0 Å². The highest BCUT2D eigenvalue weighted by atomic mass is 35.5. The van der Waals surface area contributed by atoms with Crippen LogP contribution in [0.4, 0.5) is 11.4 Å². The summed E-state index contributed by atoms with van der Waals surface area (Å²) in [5.74, 6) is 0.309. The van der Waals surface area contributed by atoms with Crippen LogP contribution in [0.1, 0.15) is 0 Å². The largest absolute Gasteiger partial charge is 0.369 e. The van der Waals surface area contributed by atoms with Crippen molar-refractivity contribution in [2.24, 2.45) is 10.7 Å². The standard InChI is InChI=1S/C16H18ClN3OS2/c1-20(11-5-4-6-12(9-11)22-2)16(18)19-15-10-13(23(3)21)7-8-14(15)17/h4-10H,1-3H3,(H2,18,19). The Bertz CT molecular complexity index is 765. The van der Waals surface area contributed by atoms with E-state index in [4.69, 9.17) is 17.3 Å². The van der Waals surface area contributed by atoms with Crippen LogP contribution in [0.3, 0.4) is 0 Å². The Morgan fingerprint density at radius 1 is 1.30 bits per heavy atom. The van der Waals surface area contributed by atoms with Gasteiger partial charge in [-0.25, -0.2) is 4.99 Å². The molecule has 1 unspecified atom stereocenters. The topological polar surface area (TPSA) is 58.7 Å². The molecule has 0 aliphatic carbocycles. The van der Waals surface area contributed by atoms with Gasteiger partial charge in [-0.05, 0) is 42.7 Å². The zero-order valence-corrected chi connectivity index (χ0v) is 15.5. The summed E-state index contributed by atoms with van der Waals surface area (Å²) in [4.78, 5) is 7.97. The van der Waals surface area contributed by atoms with Crippen LogP contribution in [0, 0.1) is 0 Å². The minimum Gasteiger partial charge on any atom is -0.369 e. The fourth-order valence-corrected chi connectivity index (χ4v) is 3.06. The maximum Gasteiger partial charge on any atom is 0.200 e. The molecule has 2 N–H and O–H groups in total. The van der Waals surface area contributed by atoms with Crippen LogP contribution < -0.4 is 10.6 Å². The molecular weight excluding hydrogens is 350 g/mol. The molecular formula is C16H18ClN3OS2. The quantitative estimate of drug-likeness (QED) is 0.506. The van der Waals surface area contributed by atoms with Gasteiger partial charge in [-0.3, -0.25) is 4.21 Å². The Labute approximate surface area is 148 Å². The third-order valence-electron chi connectivity index (χ3n) is 3.27. The number of hydrogen-bond donors (Lipinski definition) is 1. The SMILES string of the molecule is CSc1cccc(N(C)C(N)=Nc2cc(S(C)=O)ccc2Cl)c1. The molecule has 0 spiro atoms. The third-order valence-corrected chi connectivity index (χ3v) is 5.23. The summed E-state index contributed by atoms with van der Waals surface area (Å²) in [5.41, 5.74) is 7.54. The number of nitrogens with zero attached hydrogens (tertiary/aromatic N) is 2. The van der Waals surface area contributed by atoms with Crippen LogP contribution in [0.15, 0.2) is 57.2 Å². The molecule has 0 bridgehead atoms. The first-order chi connectivity index (χ1) is 10.9. The van der Waals surface area contributed by atoms with Crippen molar-refractivity contribution in [3.05, 3.63) is 47.5 Å². The average molecular weight is 368 g/mol. The summed E-state index contributed by atoms with van der Waals surface area (Å²) in [6, 6.07) is 13.1. The lowest BCUT2D eigenvalue weighted by molar-refractivity contribution is 0.687. The number of guanidine groups is 1. The molecule has 2 aromatic carbocycles. The van der Waals surface area contributed by atoms with E-state index in [0.717, 1.165) is 10.6 Å². The van der Waals surface area contributed by atoms with Crippen molar-refractivity contribution in [3.63, 3.8) is 0 Å². The van der Waals surface area contributed by atoms with E-state index >= 15 is 0 Å². The second kappa shape index (κ2) is 7.86. The Kier molecular flexibility index (Phi) is 6.10. The molecule has 23 heavy (non-hydrogen) atoms. The highest BCUT2D eigenvalue weighted by Gasteiger charge is 2.09. The molecule has 1 atom stereocenters. The number of anilines is 1. The van der Waals surface area contributed by atoms with Gasteiger partial charge in [0, 0.05) is 39.6 Å². The normalized spacial score (nSPS) is 13.0. The summed E-state index contributed by atoms with van der Waals surface area (Å²) in [7, 11) is 0.743. The Balaban J connectivity index is 2.34. The molecule has 7 heteroatoms. The first-order valence-electron chi connectivity index (χ1n) is 6.77. The van der Waals surface area contributed by atoms with Gasteiger partial charge in [0.2, 0.25) is 5.96 Å². The predicted octanol–water partition coefficient (Wildman–Crippen LogP) is 3.88. The van der Waals surface area contributed by atoms with Gasteiger partial charge in [0.05, 0.1) is 10.7 Å². The van der Waals surface area contributed by atoms with Crippen molar-refractivity contribution in [1.82, 2.24) is 0 Å². The highest BCUT2D eigenvalue weighted by molar-refractivity contribution is 7.98. The molecule has 0 amide bonds. The zero-order valence-electron chi connectivity index (χ0n) is 13.1. The number of thioether (sulfide) groups is 1. The fraction of sp³-hybridized carbons (Fsp3) is 0.188. The molecule has 0 radical (unpaired) electrons. The molecule has 4 nitrogen and oxygen atoms in total. The van der Waals surface area contributed by atoms with Crippen molar-refractivity contribution in [2.75, 3.05) is 24.5 Å². The number of rotatable bonds is 4. The second-order valence-corrected chi connectivity index (χ2v) is 7.46. The molecule has 0 heterocycles. The first-order valence-corrected chi connectivity index (χ1v) is 9.93. The summed E-state index contributed by atoms with van der Waals surface area (Å²) in [5, 5.41) is 0.466. The number of benzene rings is 2. The molecule has 0 aromatic heterocycles. The Hall–Kier alpha value is -1.50. The van der Waals surface area contributed by atoms with Gasteiger partial charge in [-0.1, -0.05) is 17.7 Å². The van der Waals surface area contributed by atoms with Crippen LogP contribution in [-0.2, 0) is 10.8 Å². The van der Waals surface area contributed by atoms with E-state index in [1.54, 1.807) is 41.1 Å². The van der Waals surface area contributed by atoms with Crippen molar-refractivity contribution < 1.29 is 4.21 Å². The van der Waals surface area contributed by atoms with Crippen LogP contribution >= 0.6 is 23.4 Å². The molecule has 0 fully saturated rings. The lowest BCUT2D eigenvalue weighted by Gasteiger charge is -2.19. The molecule has 0 aliphatic heterocycles. The van der Waals surface area contributed by atoms with Gasteiger partial charge in [0.1, 0.15) is 0 Å². The second-order valence-electron chi connectivity index (χ2n) is 4.80. The van der Waals surface area contributed by atoms with E-state index in [9.17, 15) is 4.21 Å². The van der Waals surface area contributed by atoms with Gasteiger partial charge in [0.25, 0.3) is 0 Å². The summed E-state index contributed by atoms with van der Waals surface area (Å²) in [6.07, 6.45) is 3.63. The molecule has 0 saturated carbocycles. The molecule has 0 aliphatic rings. The number of nitrogens with two attached hydrogens (primary N) is 1. The number of halogens is 1. The average Bonchev–Trinajstić information content (AvgIpc) is 2.55. The van der Waals surface area contributed by atoms with Crippen molar-refractivity contribution in [2.45, 2.75) is 9.79 Å². The Morgan fingerprint density at radius 2 is 2.04 bits per heavy atom. The number of hydrogen-bond acceptors (Lipinski definition) is 3. The van der Waals surface area contributed by atoms with Gasteiger partial charge >= 0.3 is 0 Å². The third kappa shape index (κ3) is 4.50. The van der Waals surface area contributed by atoms with Crippen molar-refractivity contribution in [3.8, 4) is 0 Å². The van der Waals surface area contributed by atoms with Gasteiger partial charge < -0.3 is 10.6 Å². The molecule has 122 valence electrons. The van der Waals surface area contributed by atoms with E-state index < -0.39 is 10.8 Å². The van der Waals surface area contributed by atoms with E-state index in [-0.39, 0.29) is 0 Å². The number of aliphatic imine (C=N–C) groups is 1. The van der Waals surface area contributed by atoms with Crippen LogP contribution in [-0.4, -0.2) is 29.7 Å². The molecule has 2 rings (SSSR count). The van der Waals surface area contributed by atoms with E-state index in [2.05, 4.69) is 4.99 Å². The maximum absolute atomic E-state index is 11.6. The Morgan fingerprint density at radius 3 is 2.70 bits per heavy atom. The molecule has 0 saturated heterocycles. The van der Waals surface area contributed by atoms with Crippen LogP contribution in [0.25, 0.3) is 0 Å². The smallest absolute Gasteiger partial charge is 0.200 e. The van der Waals surface area contributed by atoms with Crippen LogP contribution in [0.2, 0.25) is 5.02 Å². The fourth-order valence-electron chi connectivity index (χ4n) is 1.91. The lowest BCUT2D eigenvalue weighted by atomic mass is 10.3. The van der Waals surface area contributed by atoms with Gasteiger partial charge in [-0.15, -0.1) is 11.8 Å². The summed E-state index contributed by atoms with van der Waals surface area (Å²) in [6.45, 7) is 0. The monoisotopic (exact) mass is 367 g/mol.